The van der Waals surface area contributed by atoms with Crippen molar-refractivity contribution in [3.8, 4) is 11.1 Å². The van der Waals surface area contributed by atoms with E-state index in [9.17, 15) is 8.42 Å². The van der Waals surface area contributed by atoms with Crippen molar-refractivity contribution in [1.82, 2.24) is 9.29 Å². The van der Waals surface area contributed by atoms with Gasteiger partial charge in [-0.15, -0.1) is 11.3 Å². The molecule has 1 unspecified atom stereocenters. The van der Waals surface area contributed by atoms with Crippen LogP contribution in [-0.4, -0.2) is 55.4 Å². The largest absolute Gasteiger partial charge is 0.412 e. The van der Waals surface area contributed by atoms with Crippen LogP contribution in [0.5, 0.6) is 0 Å². The van der Waals surface area contributed by atoms with Gasteiger partial charge >= 0.3 is 0 Å². The molecule has 0 amide bonds. The first-order chi connectivity index (χ1) is 20.9. The van der Waals surface area contributed by atoms with Gasteiger partial charge in [0.1, 0.15) is 0 Å². The summed E-state index contributed by atoms with van der Waals surface area (Å²) in [6.07, 6.45) is 8.87. The lowest BCUT2D eigenvalue weighted by molar-refractivity contribution is 0.241. The number of thiophene rings is 1. The van der Waals surface area contributed by atoms with Crippen molar-refractivity contribution < 1.29 is 12.8 Å². The fourth-order valence-electron chi connectivity index (χ4n) is 7.42. The Labute approximate surface area is 280 Å². The van der Waals surface area contributed by atoms with Crippen LogP contribution in [-0.2, 0) is 27.5 Å². The molecule has 246 valence electrons. The number of pyridine rings is 1. The maximum absolute atomic E-state index is 14.0. The molecule has 2 aromatic heterocycles. The van der Waals surface area contributed by atoms with Gasteiger partial charge in [0.2, 0.25) is 10.0 Å². The molecule has 2 aliphatic heterocycles. The summed E-state index contributed by atoms with van der Waals surface area (Å²) in [4.78, 5) is 8.50. The van der Waals surface area contributed by atoms with E-state index in [0.29, 0.717) is 13.2 Å². The second-order valence-electron chi connectivity index (χ2n) is 16.0. The minimum Gasteiger partial charge on any atom is -0.412 e. The molecule has 1 atom stereocenters. The van der Waals surface area contributed by atoms with Crippen LogP contribution in [0, 0.1) is 0 Å². The number of hydrogen-bond donors (Lipinski definition) is 0. The first-order valence-electron chi connectivity index (χ1n) is 16.6. The number of halogens is 1. The fourth-order valence-corrected chi connectivity index (χ4v) is 11.6. The van der Waals surface area contributed by atoms with Crippen LogP contribution >= 0.6 is 22.9 Å². The Morgan fingerprint density at radius 2 is 1.78 bits per heavy atom. The van der Waals surface area contributed by atoms with Gasteiger partial charge in [-0.2, -0.15) is 4.31 Å². The number of benzene rings is 1. The Morgan fingerprint density at radius 3 is 2.44 bits per heavy atom. The summed E-state index contributed by atoms with van der Waals surface area (Å²) >= 11 is 8.60. The zero-order valence-corrected chi connectivity index (χ0v) is 31.7. The summed E-state index contributed by atoms with van der Waals surface area (Å²) in [6.45, 7) is 19.0. The van der Waals surface area contributed by atoms with E-state index in [0.717, 1.165) is 77.9 Å². The molecule has 6 rings (SSSR count). The summed E-state index contributed by atoms with van der Waals surface area (Å²) in [7, 11) is -5.36. The maximum Gasteiger partial charge on any atom is 0.219 e. The topological polar surface area (TPSA) is 62.7 Å². The molecule has 1 aliphatic carbocycles. The normalized spacial score (nSPS) is 21.3. The third-order valence-corrected chi connectivity index (χ3v) is 19.5. The molecule has 0 bridgehead atoms. The molecule has 3 aliphatic rings. The Morgan fingerprint density at radius 1 is 1.07 bits per heavy atom. The smallest absolute Gasteiger partial charge is 0.219 e. The van der Waals surface area contributed by atoms with Crippen molar-refractivity contribution in [2.24, 2.45) is 0 Å². The molecule has 10 heteroatoms. The van der Waals surface area contributed by atoms with Gasteiger partial charge in [-0.05, 0) is 101 Å². The van der Waals surface area contributed by atoms with Gasteiger partial charge in [0.25, 0.3) is 0 Å². The second-order valence-corrected chi connectivity index (χ2v) is 25.0. The van der Waals surface area contributed by atoms with Crippen LogP contribution in [0.4, 0.5) is 5.69 Å². The van der Waals surface area contributed by atoms with Crippen molar-refractivity contribution in [3.63, 3.8) is 0 Å². The lowest BCUT2D eigenvalue weighted by atomic mass is 9.90. The van der Waals surface area contributed by atoms with Crippen LogP contribution in [0.25, 0.3) is 21.3 Å². The highest BCUT2D eigenvalue weighted by Crippen LogP contribution is 2.51. The van der Waals surface area contributed by atoms with Crippen LogP contribution < -0.4 is 4.90 Å². The highest BCUT2D eigenvalue weighted by molar-refractivity contribution is 7.90. The number of rotatable bonds is 6. The third-order valence-electron chi connectivity index (χ3n) is 11.0. The third kappa shape index (κ3) is 5.92. The van der Waals surface area contributed by atoms with Crippen molar-refractivity contribution in [2.75, 3.05) is 18.0 Å². The number of aryl methyl sites for hydroxylation is 1. The summed E-state index contributed by atoms with van der Waals surface area (Å²) in [5.74, 6) is 0. The Hall–Kier alpha value is -1.49. The average Bonchev–Trinajstić information content (AvgIpc) is 3.68. The number of hydrogen-bond acceptors (Lipinski definition) is 6. The van der Waals surface area contributed by atoms with E-state index < -0.39 is 23.1 Å². The number of aromatic nitrogens is 1. The van der Waals surface area contributed by atoms with E-state index in [1.54, 1.807) is 11.3 Å². The van der Waals surface area contributed by atoms with Gasteiger partial charge in [0.05, 0.1) is 21.6 Å². The molecule has 1 saturated heterocycles. The average molecular weight is 688 g/mol. The molecule has 2 fully saturated rings. The van der Waals surface area contributed by atoms with E-state index in [1.807, 2.05) is 31.3 Å². The summed E-state index contributed by atoms with van der Waals surface area (Å²) in [5.41, 5.74) is 5.44. The van der Waals surface area contributed by atoms with E-state index in [4.69, 9.17) is 21.0 Å². The predicted octanol–water partition coefficient (Wildman–Crippen LogP) is 9.41. The molecule has 1 saturated carbocycles. The summed E-state index contributed by atoms with van der Waals surface area (Å²) in [6, 6.07) is 8.67. The summed E-state index contributed by atoms with van der Waals surface area (Å²) in [5, 5.41) is 0.888. The molecule has 3 aromatic rings. The van der Waals surface area contributed by atoms with Gasteiger partial charge < -0.3 is 9.33 Å². The minimum absolute atomic E-state index is 0.119. The number of sulfonamides is 1. The SMILES string of the molecule is CC(C)(C)[Si](C)(C)OCc1cc2nccc(-c3cc(Cl)cc4c3N(C3CN(S(=O)(=O)C(C)(C)C)C5(CCCC5)C3)CCC4)c2s1. The predicted molar refractivity (Wildman–Crippen MR) is 193 cm³/mol. The Balaban J connectivity index is 1.40. The Bertz CT molecular complexity index is 1700. The quantitative estimate of drug-likeness (QED) is 0.242. The van der Waals surface area contributed by atoms with Crippen molar-refractivity contribution in [3.05, 3.63) is 45.9 Å². The molecular formula is C35H50ClN3O3S2Si. The van der Waals surface area contributed by atoms with E-state index >= 15 is 0 Å². The molecule has 6 nitrogen and oxygen atoms in total. The monoisotopic (exact) mass is 687 g/mol. The number of fused-ring (bicyclic) bond motifs is 2. The fraction of sp³-hybridized carbons (Fsp3) is 0.629. The molecule has 0 N–H and O–H groups in total. The Kier molecular flexibility index (Phi) is 8.60. The first-order valence-corrected chi connectivity index (χ1v) is 22.1. The van der Waals surface area contributed by atoms with Gasteiger partial charge in [0.15, 0.2) is 8.32 Å². The van der Waals surface area contributed by atoms with Crippen molar-refractivity contribution >= 4 is 57.2 Å². The number of nitrogens with zero attached hydrogens (tertiary/aromatic N) is 3. The lowest BCUT2D eigenvalue weighted by Crippen LogP contribution is -2.51. The standard InChI is InChI=1S/C35H50ClN3O3S2Si/c1-33(2,3)44(40,41)39-22-26(21-35(39)14-9-10-15-35)38-17-11-12-24-18-25(36)19-29(31(24)38)28-13-16-37-30-20-27(43-32(28)30)23-42-45(7,8)34(4,5)6/h13,16,18-20,26H,9-12,14-15,17,21-23H2,1-8H3. The van der Waals surface area contributed by atoms with Crippen LogP contribution in [0.15, 0.2) is 30.5 Å². The van der Waals surface area contributed by atoms with Crippen molar-refractivity contribution in [1.29, 1.82) is 0 Å². The van der Waals surface area contributed by atoms with Gasteiger partial charge in [-0.1, -0.05) is 45.2 Å². The minimum atomic E-state index is -3.47. The van der Waals surface area contributed by atoms with E-state index in [1.165, 1.54) is 16.1 Å². The molecule has 0 radical (unpaired) electrons. The molecule has 1 aromatic carbocycles. The van der Waals surface area contributed by atoms with Crippen LogP contribution in [0.1, 0.15) is 90.5 Å². The second kappa shape index (κ2) is 11.6. The van der Waals surface area contributed by atoms with Crippen LogP contribution in [0.3, 0.4) is 0 Å². The lowest BCUT2D eigenvalue weighted by Gasteiger charge is -2.38. The van der Waals surface area contributed by atoms with E-state index in [-0.39, 0.29) is 16.6 Å². The zero-order chi connectivity index (χ0) is 32.6. The highest BCUT2D eigenvalue weighted by Gasteiger charge is 2.56. The first kappa shape index (κ1) is 33.4. The van der Waals surface area contributed by atoms with Crippen LogP contribution in [0.2, 0.25) is 23.2 Å². The van der Waals surface area contributed by atoms with Crippen molar-refractivity contribution in [2.45, 2.75) is 128 Å². The van der Waals surface area contributed by atoms with E-state index in [2.05, 4.69) is 63.0 Å². The zero-order valence-electron chi connectivity index (χ0n) is 28.3. The molecule has 45 heavy (non-hydrogen) atoms. The molecule has 4 heterocycles. The van der Waals surface area contributed by atoms with Gasteiger partial charge in [-0.25, -0.2) is 8.42 Å². The maximum atomic E-state index is 14.0. The van der Waals surface area contributed by atoms with Gasteiger partial charge in [0, 0.05) is 57.6 Å². The van der Waals surface area contributed by atoms with Gasteiger partial charge in [-0.3, -0.25) is 4.98 Å². The highest BCUT2D eigenvalue weighted by atomic mass is 35.5. The molecule has 1 spiro atoms. The molecular weight excluding hydrogens is 638 g/mol. The summed E-state index contributed by atoms with van der Waals surface area (Å²) < 4.78 is 36.9. The number of anilines is 1.